The molecule has 1 fully saturated rings. The van der Waals surface area contributed by atoms with Gasteiger partial charge in [-0.1, -0.05) is 23.7 Å². The summed E-state index contributed by atoms with van der Waals surface area (Å²) < 4.78 is 1.91. The van der Waals surface area contributed by atoms with E-state index in [1.54, 1.807) is 6.92 Å². The van der Waals surface area contributed by atoms with Crippen LogP contribution in [0.25, 0.3) is 5.65 Å². The number of rotatable bonds is 4. The molecule has 1 aliphatic heterocycles. The van der Waals surface area contributed by atoms with Crippen LogP contribution in [0.15, 0.2) is 36.4 Å². The van der Waals surface area contributed by atoms with Gasteiger partial charge in [-0.25, -0.2) is 4.98 Å². The molecule has 3 aromatic rings. The first-order chi connectivity index (χ1) is 13.0. The number of anilines is 1. The van der Waals surface area contributed by atoms with Crippen molar-refractivity contribution in [3.63, 3.8) is 0 Å². The van der Waals surface area contributed by atoms with Crippen LogP contribution in [-0.4, -0.2) is 39.6 Å². The number of nitrogens with one attached hydrogen (secondary N) is 1. The van der Waals surface area contributed by atoms with E-state index in [1.165, 1.54) is 0 Å². The third-order valence-corrected chi connectivity index (χ3v) is 5.06. The second-order valence-corrected chi connectivity index (χ2v) is 7.53. The van der Waals surface area contributed by atoms with Crippen LogP contribution in [0, 0.1) is 6.92 Å². The van der Waals surface area contributed by atoms with Crippen molar-refractivity contribution in [2.45, 2.75) is 32.7 Å². The Hall–Kier alpha value is -2.60. The fourth-order valence-corrected chi connectivity index (χ4v) is 3.75. The molecule has 0 saturated carbocycles. The summed E-state index contributed by atoms with van der Waals surface area (Å²) in [6.07, 6.45) is 1.66. The van der Waals surface area contributed by atoms with Gasteiger partial charge in [0.05, 0.1) is 5.69 Å². The van der Waals surface area contributed by atoms with E-state index in [9.17, 15) is 4.79 Å². The summed E-state index contributed by atoms with van der Waals surface area (Å²) in [6, 6.07) is 12.1. The third-order valence-electron chi connectivity index (χ3n) is 4.81. The Morgan fingerprint density at radius 1 is 1.30 bits per heavy atom. The molecule has 0 spiro atoms. The molecule has 4 rings (SSSR count). The second-order valence-electron chi connectivity index (χ2n) is 7.10. The molecule has 1 amide bonds. The van der Waals surface area contributed by atoms with Crippen LogP contribution < -0.4 is 10.2 Å². The first kappa shape index (κ1) is 17.8. The normalized spacial score (nSPS) is 16.9. The number of aromatic nitrogens is 3. The molecule has 7 heteroatoms. The lowest BCUT2D eigenvalue weighted by atomic mass is 10.1. The van der Waals surface area contributed by atoms with Gasteiger partial charge in [0, 0.05) is 55.3 Å². The topological polar surface area (TPSA) is 62.5 Å². The lowest BCUT2D eigenvalue weighted by Crippen LogP contribution is -2.36. The molecule has 2 aromatic heterocycles. The van der Waals surface area contributed by atoms with Gasteiger partial charge in [-0.3, -0.25) is 4.79 Å². The van der Waals surface area contributed by atoms with Crippen molar-refractivity contribution < 1.29 is 4.79 Å². The maximum Gasteiger partial charge on any atom is 0.217 e. The zero-order valence-corrected chi connectivity index (χ0v) is 16.2. The molecule has 1 N–H and O–H groups in total. The highest BCUT2D eigenvalue weighted by molar-refractivity contribution is 6.30. The summed E-state index contributed by atoms with van der Waals surface area (Å²) in [4.78, 5) is 18.2. The predicted molar refractivity (Wildman–Crippen MR) is 106 cm³/mol. The van der Waals surface area contributed by atoms with Crippen LogP contribution in [0.3, 0.4) is 0 Å². The fourth-order valence-electron chi connectivity index (χ4n) is 3.62. The molecule has 1 aromatic carbocycles. The van der Waals surface area contributed by atoms with Crippen molar-refractivity contribution in [3.8, 4) is 0 Å². The number of carbonyl (C=O) groups is 1. The van der Waals surface area contributed by atoms with E-state index >= 15 is 0 Å². The number of fused-ring (bicyclic) bond motifs is 1. The van der Waals surface area contributed by atoms with Gasteiger partial charge >= 0.3 is 0 Å². The predicted octanol–water partition coefficient (Wildman–Crippen LogP) is 3.00. The van der Waals surface area contributed by atoms with E-state index in [-0.39, 0.29) is 11.9 Å². The van der Waals surface area contributed by atoms with E-state index in [1.807, 2.05) is 41.8 Å². The summed E-state index contributed by atoms with van der Waals surface area (Å²) in [5.74, 6) is 1.04. The smallest absolute Gasteiger partial charge is 0.217 e. The number of amides is 1. The molecule has 0 aliphatic carbocycles. The zero-order chi connectivity index (χ0) is 19.0. The van der Waals surface area contributed by atoms with Crippen molar-refractivity contribution in [2.24, 2.45) is 0 Å². The first-order valence-electron chi connectivity index (χ1n) is 9.11. The van der Waals surface area contributed by atoms with Crippen molar-refractivity contribution >= 4 is 29.0 Å². The Kier molecular flexibility index (Phi) is 4.74. The van der Waals surface area contributed by atoms with Crippen molar-refractivity contribution in [1.82, 2.24) is 19.9 Å². The molecule has 6 nitrogen and oxygen atoms in total. The maximum atomic E-state index is 11.3. The summed E-state index contributed by atoms with van der Waals surface area (Å²) in [5, 5.41) is 8.54. The Morgan fingerprint density at radius 3 is 2.81 bits per heavy atom. The first-order valence-corrected chi connectivity index (χ1v) is 9.48. The van der Waals surface area contributed by atoms with Gasteiger partial charge in [0.1, 0.15) is 5.82 Å². The molecule has 1 atom stereocenters. The van der Waals surface area contributed by atoms with Crippen LogP contribution in [0.2, 0.25) is 5.02 Å². The average molecular weight is 384 g/mol. The number of hydrogen-bond donors (Lipinski definition) is 1. The molecule has 0 radical (unpaired) electrons. The highest BCUT2D eigenvalue weighted by Gasteiger charge is 2.25. The van der Waals surface area contributed by atoms with Gasteiger partial charge < -0.3 is 10.2 Å². The van der Waals surface area contributed by atoms with Crippen LogP contribution in [0.4, 0.5) is 5.82 Å². The molecule has 1 aliphatic rings. The summed E-state index contributed by atoms with van der Waals surface area (Å²) >= 11 is 5.97. The number of hydrogen-bond acceptors (Lipinski definition) is 4. The summed E-state index contributed by atoms with van der Waals surface area (Å²) in [6.45, 7) is 5.23. The lowest BCUT2D eigenvalue weighted by Gasteiger charge is -2.20. The number of carbonyl (C=O) groups excluding carboxylic acids is 1. The van der Waals surface area contributed by atoms with Gasteiger partial charge in [0.25, 0.3) is 0 Å². The van der Waals surface area contributed by atoms with Gasteiger partial charge in [0.2, 0.25) is 5.91 Å². The highest BCUT2D eigenvalue weighted by atomic mass is 35.5. The Labute approximate surface area is 163 Å². The number of benzene rings is 1. The maximum absolute atomic E-state index is 11.3. The largest absolute Gasteiger partial charge is 0.354 e. The van der Waals surface area contributed by atoms with E-state index < -0.39 is 0 Å². The van der Waals surface area contributed by atoms with Gasteiger partial charge in [-0.05, 0) is 31.0 Å². The molecule has 3 heterocycles. The minimum atomic E-state index is 0.0160. The van der Waals surface area contributed by atoms with E-state index in [2.05, 4.69) is 21.3 Å². The molecule has 0 bridgehead atoms. The average Bonchev–Trinajstić information content (AvgIpc) is 3.22. The summed E-state index contributed by atoms with van der Waals surface area (Å²) in [5.41, 5.74) is 3.93. The van der Waals surface area contributed by atoms with E-state index in [0.717, 1.165) is 59.4 Å². The highest BCUT2D eigenvalue weighted by Crippen LogP contribution is 2.23. The third kappa shape index (κ3) is 3.90. The van der Waals surface area contributed by atoms with Gasteiger partial charge in [-0.15, -0.1) is 0 Å². The number of halogens is 1. The van der Waals surface area contributed by atoms with E-state index in [0.29, 0.717) is 0 Å². The zero-order valence-electron chi connectivity index (χ0n) is 15.4. The van der Waals surface area contributed by atoms with Crippen molar-refractivity contribution in [1.29, 1.82) is 0 Å². The van der Waals surface area contributed by atoms with E-state index in [4.69, 9.17) is 16.7 Å². The Bertz CT molecular complexity index is 982. The summed E-state index contributed by atoms with van der Waals surface area (Å²) in [7, 11) is 0. The molecule has 140 valence electrons. The second kappa shape index (κ2) is 7.19. The molecule has 1 saturated heterocycles. The molecule has 27 heavy (non-hydrogen) atoms. The minimum Gasteiger partial charge on any atom is -0.354 e. The molecular weight excluding hydrogens is 362 g/mol. The fraction of sp³-hybridized carbons (Fsp3) is 0.350. The molecule has 0 unspecified atom stereocenters. The lowest BCUT2D eigenvalue weighted by molar-refractivity contribution is -0.119. The monoisotopic (exact) mass is 383 g/mol. The van der Waals surface area contributed by atoms with Crippen LogP contribution in [0.5, 0.6) is 0 Å². The Morgan fingerprint density at radius 2 is 2.07 bits per heavy atom. The number of nitrogens with zero attached hydrogens (tertiary/aromatic N) is 4. The quantitative estimate of drug-likeness (QED) is 0.752. The molecular formula is C20H22ClN5O. The minimum absolute atomic E-state index is 0.0160. The van der Waals surface area contributed by atoms with Gasteiger partial charge in [0.15, 0.2) is 5.65 Å². The standard InChI is InChI=1S/C20H22ClN5O/c1-13-9-20(25-8-7-17(12-25)23-14(2)27)26-19(22-13)11-18(24-26)10-15-3-5-16(21)6-4-15/h3-6,9,11,17H,7-8,10,12H2,1-2H3,(H,23,27)/t17-/m0/s1. The SMILES string of the molecule is CC(=O)N[C@H]1CCN(c2cc(C)nc3cc(Cc4ccc(Cl)cc4)nn23)C1. The van der Waals surface area contributed by atoms with Crippen LogP contribution in [-0.2, 0) is 11.2 Å². The van der Waals surface area contributed by atoms with Crippen LogP contribution >= 0.6 is 11.6 Å². The number of aryl methyl sites for hydroxylation is 1. The van der Waals surface area contributed by atoms with Crippen molar-refractivity contribution in [2.75, 3.05) is 18.0 Å². The van der Waals surface area contributed by atoms with Crippen LogP contribution in [0.1, 0.15) is 30.3 Å². The van der Waals surface area contributed by atoms with Gasteiger partial charge in [-0.2, -0.15) is 9.61 Å². The van der Waals surface area contributed by atoms with Crippen molar-refractivity contribution in [3.05, 3.63) is 58.4 Å². The Balaban J connectivity index is 1.62.